The van der Waals surface area contributed by atoms with E-state index in [0.29, 0.717) is 16.9 Å². The molecule has 0 bridgehead atoms. The number of ketones is 1. The van der Waals surface area contributed by atoms with Crippen LogP contribution < -0.4 is 5.32 Å². The Bertz CT molecular complexity index is 856. The van der Waals surface area contributed by atoms with E-state index in [4.69, 9.17) is 0 Å². The third-order valence-corrected chi connectivity index (χ3v) is 12.1. The minimum atomic E-state index is -1.48. The number of aldehydes is 1. The highest BCUT2D eigenvalue weighted by Gasteiger charge is 2.50. The Balaban J connectivity index is 1.87. The maximum absolute atomic E-state index is 13.4. The molecule has 1 aromatic heterocycles. The van der Waals surface area contributed by atoms with Gasteiger partial charge in [0.05, 0.1) is 24.2 Å². The van der Waals surface area contributed by atoms with E-state index in [1.165, 1.54) is 29.7 Å². The average molecular weight is 417 g/mol. The summed E-state index contributed by atoms with van der Waals surface area (Å²) in [6.45, 7) is 3.95. The van der Waals surface area contributed by atoms with Gasteiger partial charge in [-0.25, -0.2) is 0 Å². The molecule has 0 spiro atoms. The lowest BCUT2D eigenvalue weighted by atomic mass is 10.2. The van der Waals surface area contributed by atoms with Crippen LogP contribution in [0.3, 0.4) is 0 Å². The Kier molecular flexibility index (Phi) is 6.79. The van der Waals surface area contributed by atoms with Gasteiger partial charge < -0.3 is 5.32 Å². The van der Waals surface area contributed by atoms with Crippen molar-refractivity contribution < 1.29 is 14.4 Å². The topological polar surface area (TPSA) is 63.2 Å². The Morgan fingerprint density at radius 1 is 1.21 bits per heavy atom. The molecular formula is C22H27NO3PS+. The molecule has 4 nitrogen and oxygen atoms in total. The smallest absolute Gasteiger partial charge is 0.265 e. The zero-order valence-corrected chi connectivity index (χ0v) is 18.2. The molecule has 1 aliphatic heterocycles. The number of hydrogen-bond donors (Lipinski definition) is 1. The molecule has 0 radical (unpaired) electrons. The van der Waals surface area contributed by atoms with Gasteiger partial charge in [-0.15, -0.1) is 11.3 Å². The van der Waals surface area contributed by atoms with E-state index < -0.39 is 13.0 Å². The van der Waals surface area contributed by atoms with Gasteiger partial charge in [0.2, 0.25) is 5.78 Å². The van der Waals surface area contributed by atoms with E-state index in [9.17, 15) is 14.4 Å². The summed E-state index contributed by atoms with van der Waals surface area (Å²) in [6, 6.07) is 10.5. The molecule has 1 aromatic carbocycles. The number of carbonyl (C=O) groups excluding carboxylic acids is 3. The van der Waals surface area contributed by atoms with Crippen molar-refractivity contribution in [1.82, 2.24) is 0 Å². The molecule has 2 aromatic rings. The fourth-order valence-electron chi connectivity index (χ4n) is 4.35. The largest absolute Gasteiger partial charge is 0.321 e. The molecule has 1 amide bonds. The first-order chi connectivity index (χ1) is 13.5. The summed E-state index contributed by atoms with van der Waals surface area (Å²) >= 11 is 1.22. The van der Waals surface area contributed by atoms with Crippen molar-refractivity contribution in [3.05, 3.63) is 51.7 Å². The fraction of sp³-hybridized carbons (Fsp3) is 0.409. The van der Waals surface area contributed by atoms with Gasteiger partial charge >= 0.3 is 0 Å². The van der Waals surface area contributed by atoms with Crippen LogP contribution in [-0.4, -0.2) is 36.0 Å². The van der Waals surface area contributed by atoms with Crippen molar-refractivity contribution in [2.24, 2.45) is 0 Å². The second kappa shape index (κ2) is 9.11. The molecule has 2 heterocycles. The lowest BCUT2D eigenvalue weighted by Gasteiger charge is -2.30. The highest BCUT2D eigenvalue weighted by atomic mass is 32.1. The van der Waals surface area contributed by atoms with E-state index in [-0.39, 0.29) is 11.6 Å². The predicted octanol–water partition coefficient (Wildman–Crippen LogP) is 5.17. The van der Waals surface area contributed by atoms with Crippen molar-refractivity contribution in [2.75, 3.05) is 17.6 Å². The first-order valence-corrected chi connectivity index (χ1v) is 13.1. The standard InChI is InChI=1S/C22H26NO3PS/c1-3-19(22(26)23-20-16(2)15-28-21(20)18(25)13-24)27(11-7-8-12-27)14-17-9-5-4-6-10-17/h4-6,9-10,13,15,19H,3,7-8,11-12,14H2,1-2H3/p+1. The quantitative estimate of drug-likeness (QED) is 0.280. The molecule has 1 saturated heterocycles. The van der Waals surface area contributed by atoms with Gasteiger partial charge in [0.15, 0.2) is 6.29 Å². The first-order valence-electron chi connectivity index (χ1n) is 9.79. The number of Topliss-reactive ketones (excluding diaryl/α,β-unsaturated/α-hetero) is 1. The van der Waals surface area contributed by atoms with E-state index in [0.717, 1.165) is 30.5 Å². The highest BCUT2D eigenvalue weighted by Crippen LogP contribution is 2.70. The number of rotatable bonds is 8. The average Bonchev–Trinajstić information content (AvgIpc) is 3.30. The third kappa shape index (κ3) is 4.26. The van der Waals surface area contributed by atoms with Crippen molar-refractivity contribution in [3.63, 3.8) is 0 Å². The van der Waals surface area contributed by atoms with E-state index in [1.807, 2.05) is 18.4 Å². The van der Waals surface area contributed by atoms with Gasteiger partial charge in [-0.1, -0.05) is 37.3 Å². The summed E-state index contributed by atoms with van der Waals surface area (Å²) in [5.41, 5.74) is 2.64. The van der Waals surface area contributed by atoms with Crippen molar-refractivity contribution in [1.29, 1.82) is 0 Å². The summed E-state index contributed by atoms with van der Waals surface area (Å²) in [6.07, 6.45) is 6.80. The summed E-state index contributed by atoms with van der Waals surface area (Å²) in [7, 11) is -1.48. The lowest BCUT2D eigenvalue weighted by Crippen LogP contribution is -2.32. The molecule has 6 heteroatoms. The maximum Gasteiger partial charge on any atom is 0.265 e. The third-order valence-electron chi connectivity index (χ3n) is 5.70. The number of thiophene rings is 1. The predicted molar refractivity (Wildman–Crippen MR) is 118 cm³/mol. The minimum absolute atomic E-state index is 0.00936. The molecule has 0 saturated carbocycles. The van der Waals surface area contributed by atoms with Gasteiger partial charge in [-0.05, 0) is 42.7 Å². The molecule has 1 unspecified atom stereocenters. The van der Waals surface area contributed by atoms with Gasteiger partial charge in [0.25, 0.3) is 5.91 Å². The van der Waals surface area contributed by atoms with Crippen LogP contribution in [-0.2, 0) is 15.8 Å². The molecule has 1 N–H and O–H groups in total. The van der Waals surface area contributed by atoms with Crippen LogP contribution in [0.5, 0.6) is 0 Å². The SMILES string of the molecule is CCC(C(=O)Nc1c(C)csc1C(=O)C=O)[P+]1(Cc2ccccc2)CCCC1. The number of amides is 1. The van der Waals surface area contributed by atoms with Crippen LogP contribution in [0.15, 0.2) is 35.7 Å². The van der Waals surface area contributed by atoms with Crippen LogP contribution in [0.1, 0.15) is 47.0 Å². The van der Waals surface area contributed by atoms with Crippen LogP contribution in [0.2, 0.25) is 0 Å². The van der Waals surface area contributed by atoms with E-state index in [2.05, 4.69) is 36.5 Å². The Morgan fingerprint density at radius 2 is 1.89 bits per heavy atom. The van der Waals surface area contributed by atoms with Gasteiger partial charge in [0, 0.05) is 7.26 Å². The minimum Gasteiger partial charge on any atom is -0.321 e. The van der Waals surface area contributed by atoms with Crippen LogP contribution in [0, 0.1) is 6.92 Å². The Morgan fingerprint density at radius 3 is 2.50 bits per heavy atom. The molecular weight excluding hydrogens is 389 g/mol. The molecule has 148 valence electrons. The zero-order valence-electron chi connectivity index (χ0n) is 16.4. The molecule has 1 aliphatic rings. The molecule has 28 heavy (non-hydrogen) atoms. The zero-order chi connectivity index (χ0) is 20.1. The second-order valence-corrected chi connectivity index (χ2v) is 12.7. The van der Waals surface area contributed by atoms with Crippen LogP contribution in [0.25, 0.3) is 0 Å². The van der Waals surface area contributed by atoms with E-state index in [1.54, 1.807) is 0 Å². The Labute approximate surface area is 171 Å². The van der Waals surface area contributed by atoms with E-state index >= 15 is 0 Å². The van der Waals surface area contributed by atoms with Crippen LogP contribution >= 0.6 is 18.6 Å². The van der Waals surface area contributed by atoms with Crippen molar-refractivity contribution in [3.8, 4) is 0 Å². The normalized spacial score (nSPS) is 16.5. The molecule has 1 fully saturated rings. The van der Waals surface area contributed by atoms with Crippen molar-refractivity contribution >= 4 is 42.3 Å². The highest BCUT2D eigenvalue weighted by molar-refractivity contribution is 7.77. The summed E-state index contributed by atoms with van der Waals surface area (Å²) < 4.78 is 0. The van der Waals surface area contributed by atoms with Gasteiger partial charge in [0.1, 0.15) is 10.5 Å². The van der Waals surface area contributed by atoms with Crippen molar-refractivity contribution in [2.45, 2.75) is 44.9 Å². The maximum atomic E-state index is 13.4. The summed E-state index contributed by atoms with van der Waals surface area (Å²) in [5, 5.41) is 4.85. The number of carbonyl (C=O) groups is 3. The molecule has 0 aliphatic carbocycles. The first kappa shape index (κ1) is 20.9. The molecule has 1 atom stereocenters. The molecule has 3 rings (SSSR count). The van der Waals surface area contributed by atoms with Gasteiger partial charge in [-0.3, -0.25) is 14.4 Å². The number of aryl methyl sites for hydroxylation is 1. The number of nitrogens with one attached hydrogen (secondary N) is 1. The number of benzene rings is 1. The number of hydrogen-bond acceptors (Lipinski definition) is 4. The number of anilines is 1. The monoisotopic (exact) mass is 416 g/mol. The van der Waals surface area contributed by atoms with Gasteiger partial charge in [-0.2, -0.15) is 0 Å². The fourth-order valence-corrected chi connectivity index (χ4v) is 10.6. The van der Waals surface area contributed by atoms with Crippen LogP contribution in [0.4, 0.5) is 5.69 Å². The Hall–Kier alpha value is -1.84. The lowest BCUT2D eigenvalue weighted by molar-refractivity contribution is -0.116. The second-order valence-electron chi connectivity index (χ2n) is 7.53. The summed E-state index contributed by atoms with van der Waals surface area (Å²) in [5.74, 6) is -0.564. The summed E-state index contributed by atoms with van der Waals surface area (Å²) in [4.78, 5) is 36.6.